The third-order valence-electron chi connectivity index (χ3n) is 5.90. The second kappa shape index (κ2) is 10.2. The van der Waals surface area contributed by atoms with Gasteiger partial charge in [-0.25, -0.2) is 4.79 Å². The molecule has 3 aromatic rings. The number of amides is 1. The zero-order chi connectivity index (χ0) is 23.4. The highest BCUT2D eigenvalue weighted by atomic mass is 35.5. The Morgan fingerprint density at radius 2 is 1.67 bits per heavy atom. The normalized spacial score (nSPS) is 14.2. The Morgan fingerprint density at radius 3 is 2.27 bits per heavy atom. The number of carbonyl (C=O) groups excluding carboxylic acids is 2. The monoisotopic (exact) mass is 465 g/mol. The predicted molar refractivity (Wildman–Crippen MR) is 125 cm³/mol. The number of fused-ring (bicyclic) bond motifs is 3. The number of rotatable bonds is 8. The van der Waals surface area contributed by atoms with Crippen LogP contribution in [0.25, 0.3) is 11.1 Å². The van der Waals surface area contributed by atoms with Gasteiger partial charge in [0, 0.05) is 28.6 Å². The molecule has 0 aliphatic heterocycles. The largest absolute Gasteiger partial charge is 0.449 e. The summed E-state index contributed by atoms with van der Waals surface area (Å²) >= 11 is 6.09. The highest BCUT2D eigenvalue weighted by molar-refractivity contribution is 6.31. The molecule has 7 heteroatoms. The van der Waals surface area contributed by atoms with Crippen LogP contribution in [0.3, 0.4) is 0 Å². The Balaban J connectivity index is 1.28. The molecule has 170 valence electrons. The van der Waals surface area contributed by atoms with Gasteiger partial charge in [-0.2, -0.15) is 0 Å². The average molecular weight is 466 g/mol. The van der Waals surface area contributed by atoms with Crippen molar-refractivity contribution in [2.75, 3.05) is 13.2 Å². The molecule has 0 radical (unpaired) electrons. The van der Waals surface area contributed by atoms with Crippen LogP contribution in [0, 0.1) is 0 Å². The van der Waals surface area contributed by atoms with Crippen molar-refractivity contribution >= 4 is 24.0 Å². The first-order chi connectivity index (χ1) is 16.0. The van der Waals surface area contributed by atoms with Crippen molar-refractivity contribution in [2.24, 2.45) is 0 Å². The van der Waals surface area contributed by atoms with E-state index in [9.17, 15) is 19.8 Å². The van der Waals surface area contributed by atoms with Gasteiger partial charge in [0.05, 0.1) is 6.10 Å². The van der Waals surface area contributed by atoms with E-state index in [1.807, 2.05) is 36.4 Å². The summed E-state index contributed by atoms with van der Waals surface area (Å²) in [5.74, 6) is -0.0351. The molecule has 0 spiro atoms. The van der Waals surface area contributed by atoms with E-state index in [1.54, 1.807) is 0 Å². The Bertz CT molecular complexity index is 1120. The van der Waals surface area contributed by atoms with E-state index in [1.165, 1.54) is 18.2 Å². The molecule has 0 saturated heterocycles. The molecule has 0 fully saturated rings. The predicted octanol–water partition coefficient (Wildman–Crippen LogP) is 4.48. The van der Waals surface area contributed by atoms with Gasteiger partial charge in [-0.15, -0.1) is 0 Å². The Kier molecular flexibility index (Phi) is 7.08. The van der Waals surface area contributed by atoms with Crippen LogP contribution in [0.5, 0.6) is 0 Å². The number of ether oxygens (including phenoxy) is 1. The summed E-state index contributed by atoms with van der Waals surface area (Å²) in [6.07, 6.45) is -2.25. The summed E-state index contributed by atoms with van der Waals surface area (Å²) in [6, 6.07) is 20.6. The Morgan fingerprint density at radius 1 is 1.03 bits per heavy atom. The van der Waals surface area contributed by atoms with Crippen LogP contribution in [-0.2, 0) is 4.74 Å². The van der Waals surface area contributed by atoms with Gasteiger partial charge >= 0.3 is 6.09 Å². The maximum atomic E-state index is 12.2. The van der Waals surface area contributed by atoms with Crippen molar-refractivity contribution in [3.8, 4) is 11.1 Å². The molecule has 3 aromatic carbocycles. The number of hydrogen-bond acceptors (Lipinski definition) is 5. The van der Waals surface area contributed by atoms with Gasteiger partial charge in [0.15, 0.2) is 0 Å². The van der Waals surface area contributed by atoms with Gasteiger partial charge in [-0.1, -0.05) is 72.3 Å². The van der Waals surface area contributed by atoms with Crippen molar-refractivity contribution in [3.05, 3.63) is 94.0 Å². The maximum Gasteiger partial charge on any atom is 0.407 e. The minimum absolute atomic E-state index is 0.0351. The number of carbonyl (C=O) groups is 2. The Labute approximate surface area is 196 Å². The van der Waals surface area contributed by atoms with Gasteiger partial charge in [0.1, 0.15) is 19.0 Å². The van der Waals surface area contributed by atoms with Crippen molar-refractivity contribution in [3.63, 3.8) is 0 Å². The van der Waals surface area contributed by atoms with Gasteiger partial charge in [-0.3, -0.25) is 4.79 Å². The van der Waals surface area contributed by atoms with E-state index in [0.717, 1.165) is 22.3 Å². The van der Waals surface area contributed by atoms with Crippen molar-refractivity contribution in [1.82, 2.24) is 5.32 Å². The van der Waals surface area contributed by atoms with Crippen molar-refractivity contribution in [1.29, 1.82) is 0 Å². The topological polar surface area (TPSA) is 95.9 Å². The van der Waals surface area contributed by atoms with E-state index in [4.69, 9.17) is 16.3 Å². The third-order valence-corrected chi connectivity index (χ3v) is 6.22. The molecule has 0 aromatic heterocycles. The summed E-state index contributed by atoms with van der Waals surface area (Å²) in [5, 5.41) is 23.5. The first-order valence-electron chi connectivity index (χ1n) is 10.7. The summed E-state index contributed by atoms with van der Waals surface area (Å²) in [7, 11) is 0. The molecule has 0 saturated carbocycles. The van der Waals surface area contributed by atoms with E-state index >= 15 is 0 Å². The number of hydrogen-bond donors (Lipinski definition) is 3. The lowest BCUT2D eigenvalue weighted by Gasteiger charge is -2.20. The zero-order valence-electron chi connectivity index (χ0n) is 17.8. The molecule has 0 heterocycles. The number of halogens is 1. The lowest BCUT2D eigenvalue weighted by Crippen LogP contribution is -2.30. The standard InChI is InChI=1S/C26H24ClNO5/c27-23-13-16(14-29)9-10-21(23)25(31)24(30)11-12-28-26(32)33-15-22-19-7-3-1-5-17(19)18-6-2-4-8-20(18)22/h1-10,13-14,22,24-25,30-31H,11-12,15H2,(H,28,32). The SMILES string of the molecule is O=Cc1ccc(C(O)C(O)CCNC(=O)OCC2c3ccccc3-c3ccccc32)c(Cl)c1. The molecule has 3 N–H and O–H groups in total. The first-order valence-corrected chi connectivity index (χ1v) is 11.1. The van der Waals surface area contributed by atoms with E-state index in [0.29, 0.717) is 17.4 Å². The maximum absolute atomic E-state index is 12.2. The van der Waals surface area contributed by atoms with Crippen LogP contribution in [0.15, 0.2) is 66.7 Å². The third kappa shape index (κ3) is 4.93. The van der Waals surface area contributed by atoms with Crippen LogP contribution < -0.4 is 5.32 Å². The number of alkyl carbamates (subject to hydrolysis) is 1. The smallest absolute Gasteiger partial charge is 0.407 e. The van der Waals surface area contributed by atoms with E-state index in [-0.39, 0.29) is 30.5 Å². The summed E-state index contributed by atoms with van der Waals surface area (Å²) in [6.45, 7) is 0.308. The molecule has 0 bridgehead atoms. The van der Waals surface area contributed by atoms with Crippen LogP contribution in [-0.4, -0.2) is 41.8 Å². The molecule has 1 amide bonds. The summed E-state index contributed by atoms with van der Waals surface area (Å²) < 4.78 is 5.46. The van der Waals surface area contributed by atoms with Gasteiger partial charge < -0.3 is 20.3 Å². The molecular weight excluding hydrogens is 442 g/mol. The van der Waals surface area contributed by atoms with Crippen LogP contribution in [0.2, 0.25) is 5.02 Å². The molecular formula is C26H24ClNO5. The lowest BCUT2D eigenvalue weighted by atomic mass is 9.98. The lowest BCUT2D eigenvalue weighted by molar-refractivity contribution is 0.0137. The quantitative estimate of drug-likeness (QED) is 0.426. The highest BCUT2D eigenvalue weighted by Crippen LogP contribution is 2.44. The fourth-order valence-electron chi connectivity index (χ4n) is 4.19. The van der Waals surface area contributed by atoms with Crippen molar-refractivity contribution in [2.45, 2.75) is 24.5 Å². The second-order valence-electron chi connectivity index (χ2n) is 7.95. The minimum Gasteiger partial charge on any atom is -0.449 e. The number of aliphatic hydroxyl groups is 2. The van der Waals surface area contributed by atoms with Gasteiger partial charge in [0.25, 0.3) is 0 Å². The fraction of sp³-hybridized carbons (Fsp3) is 0.231. The first kappa shape index (κ1) is 23.0. The summed E-state index contributed by atoms with van der Waals surface area (Å²) in [5.41, 5.74) is 5.25. The molecule has 1 aliphatic carbocycles. The Hall–Kier alpha value is -3.19. The van der Waals surface area contributed by atoms with Gasteiger partial charge in [0.2, 0.25) is 0 Å². The van der Waals surface area contributed by atoms with Gasteiger partial charge in [-0.05, 0) is 34.7 Å². The van der Waals surface area contributed by atoms with E-state index < -0.39 is 18.3 Å². The molecule has 2 unspecified atom stereocenters. The fourth-order valence-corrected chi connectivity index (χ4v) is 4.49. The zero-order valence-corrected chi connectivity index (χ0v) is 18.5. The summed E-state index contributed by atoms with van der Waals surface area (Å²) in [4.78, 5) is 23.1. The van der Waals surface area contributed by atoms with E-state index in [2.05, 4.69) is 17.4 Å². The van der Waals surface area contributed by atoms with Crippen LogP contribution >= 0.6 is 11.6 Å². The van der Waals surface area contributed by atoms with Crippen LogP contribution in [0.4, 0.5) is 4.79 Å². The number of aldehydes is 1. The van der Waals surface area contributed by atoms with Crippen LogP contribution in [0.1, 0.15) is 45.5 Å². The molecule has 4 rings (SSSR count). The number of aliphatic hydroxyl groups excluding tert-OH is 2. The van der Waals surface area contributed by atoms with Crippen molar-refractivity contribution < 1.29 is 24.5 Å². The number of benzene rings is 3. The molecule has 6 nitrogen and oxygen atoms in total. The molecule has 33 heavy (non-hydrogen) atoms. The second-order valence-corrected chi connectivity index (χ2v) is 8.36. The molecule has 1 aliphatic rings. The number of nitrogens with one attached hydrogen (secondary N) is 1. The minimum atomic E-state index is -1.25. The highest BCUT2D eigenvalue weighted by Gasteiger charge is 2.29. The average Bonchev–Trinajstić information content (AvgIpc) is 3.16. The molecule has 2 atom stereocenters.